The van der Waals surface area contributed by atoms with Gasteiger partial charge in [0, 0.05) is 6.04 Å². The molecule has 0 bridgehead atoms. The number of halogens is 1. The molecular formula is C15H22FNO. The minimum Gasteiger partial charge on any atom is -0.494 e. The van der Waals surface area contributed by atoms with Crippen LogP contribution in [-0.4, -0.2) is 19.2 Å². The number of hydrogen-bond acceptors (Lipinski definition) is 2. The third kappa shape index (κ3) is 3.70. The monoisotopic (exact) mass is 251 g/mol. The summed E-state index contributed by atoms with van der Waals surface area (Å²) in [5.74, 6) is 1.27. The molecule has 2 atom stereocenters. The van der Waals surface area contributed by atoms with E-state index in [1.54, 1.807) is 12.1 Å². The van der Waals surface area contributed by atoms with E-state index in [1.165, 1.54) is 31.4 Å². The second-order valence-corrected chi connectivity index (χ2v) is 4.95. The van der Waals surface area contributed by atoms with Crippen LogP contribution < -0.4 is 10.1 Å². The normalized spacial score (nSPS) is 23.2. The van der Waals surface area contributed by atoms with Crippen LogP contribution in [0.4, 0.5) is 4.39 Å². The summed E-state index contributed by atoms with van der Waals surface area (Å²) >= 11 is 0. The highest BCUT2D eigenvalue weighted by Gasteiger charge is 2.25. The van der Waals surface area contributed by atoms with Crippen molar-refractivity contribution in [3.63, 3.8) is 0 Å². The van der Waals surface area contributed by atoms with Gasteiger partial charge in [-0.1, -0.05) is 13.3 Å². The zero-order chi connectivity index (χ0) is 12.8. The van der Waals surface area contributed by atoms with Crippen molar-refractivity contribution < 1.29 is 9.13 Å². The Labute approximate surface area is 109 Å². The van der Waals surface area contributed by atoms with E-state index in [2.05, 4.69) is 12.2 Å². The van der Waals surface area contributed by atoms with E-state index in [9.17, 15) is 4.39 Å². The Balaban J connectivity index is 1.73. The maximum atomic E-state index is 12.7. The summed E-state index contributed by atoms with van der Waals surface area (Å²) in [6.45, 7) is 3.92. The topological polar surface area (TPSA) is 21.3 Å². The molecule has 2 unspecified atom stereocenters. The van der Waals surface area contributed by atoms with Crippen molar-refractivity contribution in [1.82, 2.24) is 5.32 Å². The Hall–Kier alpha value is -1.09. The van der Waals surface area contributed by atoms with Crippen molar-refractivity contribution in [3.05, 3.63) is 30.1 Å². The van der Waals surface area contributed by atoms with Gasteiger partial charge in [0.1, 0.15) is 11.6 Å². The van der Waals surface area contributed by atoms with E-state index in [1.807, 2.05) is 0 Å². The van der Waals surface area contributed by atoms with Gasteiger partial charge in [0.15, 0.2) is 0 Å². The summed E-state index contributed by atoms with van der Waals surface area (Å²) in [5.41, 5.74) is 0. The fourth-order valence-corrected chi connectivity index (χ4v) is 2.77. The average molecular weight is 251 g/mol. The Bertz CT molecular complexity index is 352. The fourth-order valence-electron chi connectivity index (χ4n) is 2.77. The largest absolute Gasteiger partial charge is 0.494 e. The molecule has 0 saturated heterocycles. The first-order valence-corrected chi connectivity index (χ1v) is 6.91. The molecule has 3 heteroatoms. The first-order valence-electron chi connectivity index (χ1n) is 6.91. The first-order chi connectivity index (χ1) is 8.79. The van der Waals surface area contributed by atoms with Gasteiger partial charge in [-0.15, -0.1) is 0 Å². The molecular weight excluding hydrogens is 229 g/mol. The quantitative estimate of drug-likeness (QED) is 0.837. The second-order valence-electron chi connectivity index (χ2n) is 4.95. The third-order valence-corrected chi connectivity index (χ3v) is 3.70. The summed E-state index contributed by atoms with van der Waals surface area (Å²) in [6, 6.07) is 6.91. The molecule has 0 radical (unpaired) electrons. The lowest BCUT2D eigenvalue weighted by Gasteiger charge is -2.20. The molecule has 1 fully saturated rings. The van der Waals surface area contributed by atoms with E-state index >= 15 is 0 Å². The van der Waals surface area contributed by atoms with E-state index in [-0.39, 0.29) is 5.82 Å². The third-order valence-electron chi connectivity index (χ3n) is 3.70. The molecule has 0 amide bonds. The van der Waals surface area contributed by atoms with Crippen LogP contribution in [0.15, 0.2) is 24.3 Å². The lowest BCUT2D eigenvalue weighted by molar-refractivity contribution is 0.261. The first kappa shape index (κ1) is 13.3. The minimum absolute atomic E-state index is 0.217. The molecule has 0 spiro atoms. The number of ether oxygens (including phenoxy) is 1. The number of nitrogens with one attached hydrogen (secondary N) is 1. The van der Waals surface area contributed by atoms with Crippen LogP contribution in [0.3, 0.4) is 0 Å². The lowest BCUT2D eigenvalue weighted by atomic mass is 10.00. The average Bonchev–Trinajstić information content (AvgIpc) is 2.80. The van der Waals surface area contributed by atoms with Gasteiger partial charge in [0.25, 0.3) is 0 Å². The maximum Gasteiger partial charge on any atom is 0.123 e. The predicted molar refractivity (Wildman–Crippen MR) is 71.3 cm³/mol. The molecule has 1 saturated carbocycles. The SMILES string of the molecule is CCNC1CCCC1CCOc1ccc(F)cc1. The highest BCUT2D eigenvalue weighted by Crippen LogP contribution is 2.28. The number of hydrogen-bond donors (Lipinski definition) is 1. The molecule has 1 N–H and O–H groups in total. The molecule has 1 aromatic rings. The molecule has 0 heterocycles. The highest BCUT2D eigenvalue weighted by molar-refractivity contribution is 5.21. The van der Waals surface area contributed by atoms with E-state index < -0.39 is 0 Å². The van der Waals surface area contributed by atoms with Crippen LogP contribution in [0.2, 0.25) is 0 Å². The van der Waals surface area contributed by atoms with Gasteiger partial charge in [-0.2, -0.15) is 0 Å². The van der Waals surface area contributed by atoms with Crippen LogP contribution in [-0.2, 0) is 0 Å². The lowest BCUT2D eigenvalue weighted by Crippen LogP contribution is -2.32. The Morgan fingerprint density at radius 2 is 2.06 bits per heavy atom. The van der Waals surface area contributed by atoms with Crippen molar-refractivity contribution in [3.8, 4) is 5.75 Å². The van der Waals surface area contributed by atoms with Gasteiger partial charge in [-0.25, -0.2) is 4.39 Å². The van der Waals surface area contributed by atoms with Crippen LogP contribution in [0.1, 0.15) is 32.6 Å². The summed E-state index contributed by atoms with van der Waals surface area (Å²) in [6.07, 6.45) is 4.98. The van der Waals surface area contributed by atoms with Crippen LogP contribution >= 0.6 is 0 Å². The minimum atomic E-state index is -0.217. The van der Waals surface area contributed by atoms with Crippen molar-refractivity contribution in [2.45, 2.75) is 38.6 Å². The molecule has 2 nitrogen and oxygen atoms in total. The van der Waals surface area contributed by atoms with Crippen molar-refractivity contribution in [2.24, 2.45) is 5.92 Å². The molecule has 1 aromatic carbocycles. The van der Waals surface area contributed by atoms with Crippen molar-refractivity contribution >= 4 is 0 Å². The van der Waals surface area contributed by atoms with E-state index in [0.29, 0.717) is 6.04 Å². The molecule has 0 aliphatic heterocycles. The summed E-state index contributed by atoms with van der Waals surface area (Å²) in [5, 5.41) is 3.55. The van der Waals surface area contributed by atoms with Gasteiger partial charge in [-0.05, 0) is 56.0 Å². The van der Waals surface area contributed by atoms with Crippen molar-refractivity contribution in [2.75, 3.05) is 13.2 Å². The molecule has 0 aromatic heterocycles. The van der Waals surface area contributed by atoms with Crippen LogP contribution in [0, 0.1) is 11.7 Å². The number of rotatable bonds is 6. The zero-order valence-corrected chi connectivity index (χ0v) is 11.0. The molecule has 18 heavy (non-hydrogen) atoms. The van der Waals surface area contributed by atoms with Gasteiger partial charge >= 0.3 is 0 Å². The van der Waals surface area contributed by atoms with E-state index in [4.69, 9.17) is 4.74 Å². The standard InChI is InChI=1S/C15H22FNO/c1-2-17-15-5-3-4-12(15)10-11-18-14-8-6-13(16)7-9-14/h6-9,12,15,17H,2-5,10-11H2,1H3. The molecule has 1 aliphatic carbocycles. The van der Waals surface area contributed by atoms with E-state index in [0.717, 1.165) is 31.2 Å². The molecule has 100 valence electrons. The highest BCUT2D eigenvalue weighted by atomic mass is 19.1. The smallest absolute Gasteiger partial charge is 0.123 e. The second kappa shape index (κ2) is 6.74. The molecule has 2 rings (SSSR count). The van der Waals surface area contributed by atoms with Gasteiger partial charge in [0.2, 0.25) is 0 Å². The zero-order valence-electron chi connectivity index (χ0n) is 11.0. The Morgan fingerprint density at radius 3 is 2.78 bits per heavy atom. The summed E-state index contributed by atoms with van der Waals surface area (Å²) in [7, 11) is 0. The Kier molecular flexibility index (Phi) is 5.00. The van der Waals surface area contributed by atoms with Gasteiger partial charge < -0.3 is 10.1 Å². The fraction of sp³-hybridized carbons (Fsp3) is 0.600. The summed E-state index contributed by atoms with van der Waals surface area (Å²) < 4.78 is 18.4. The summed E-state index contributed by atoms with van der Waals surface area (Å²) in [4.78, 5) is 0. The maximum absolute atomic E-state index is 12.7. The van der Waals surface area contributed by atoms with Gasteiger partial charge in [-0.3, -0.25) is 0 Å². The van der Waals surface area contributed by atoms with Crippen LogP contribution in [0.25, 0.3) is 0 Å². The predicted octanol–water partition coefficient (Wildman–Crippen LogP) is 3.37. The van der Waals surface area contributed by atoms with Crippen LogP contribution in [0.5, 0.6) is 5.75 Å². The Morgan fingerprint density at radius 1 is 1.28 bits per heavy atom. The van der Waals surface area contributed by atoms with Crippen molar-refractivity contribution in [1.29, 1.82) is 0 Å². The van der Waals surface area contributed by atoms with Gasteiger partial charge in [0.05, 0.1) is 6.61 Å². The number of benzene rings is 1. The molecule has 1 aliphatic rings.